The smallest absolute Gasteiger partial charge is 0.387 e. The van der Waals surface area contributed by atoms with Crippen LogP contribution in [-0.2, 0) is 4.79 Å². The lowest BCUT2D eigenvalue weighted by Crippen LogP contribution is -2.39. The Morgan fingerprint density at radius 2 is 1.88 bits per heavy atom. The minimum Gasteiger partial charge on any atom is -0.435 e. The number of amides is 1. The van der Waals surface area contributed by atoms with Crippen molar-refractivity contribution >= 4 is 34.8 Å². The van der Waals surface area contributed by atoms with Crippen molar-refractivity contribution in [1.82, 2.24) is 4.98 Å². The molecule has 1 atom stereocenters. The maximum Gasteiger partial charge on any atom is 0.387 e. The van der Waals surface area contributed by atoms with Crippen LogP contribution >= 0.6 is 23.7 Å². The molecule has 0 saturated carbocycles. The van der Waals surface area contributed by atoms with Crippen molar-refractivity contribution in [3.05, 3.63) is 29.1 Å². The molecule has 1 unspecified atom stereocenters. The van der Waals surface area contributed by atoms with Crippen molar-refractivity contribution < 1.29 is 18.3 Å². The van der Waals surface area contributed by atoms with Crippen LogP contribution in [0.3, 0.4) is 0 Å². The number of ether oxygens (including phenoxy) is 1. The fourth-order valence-electron chi connectivity index (χ4n) is 2.00. The molecule has 0 aliphatic carbocycles. The van der Waals surface area contributed by atoms with E-state index >= 15 is 0 Å². The molecular formula is C16H20ClF2N3O2S. The van der Waals surface area contributed by atoms with E-state index in [0.29, 0.717) is 10.8 Å². The summed E-state index contributed by atoms with van der Waals surface area (Å²) in [4.78, 5) is 17.3. The third-order valence-corrected chi connectivity index (χ3v) is 4.29. The number of hydrogen-bond donors (Lipinski definition) is 2. The van der Waals surface area contributed by atoms with E-state index in [2.05, 4.69) is 15.0 Å². The summed E-state index contributed by atoms with van der Waals surface area (Å²) in [5, 5.41) is 3.17. The fourth-order valence-corrected chi connectivity index (χ4v) is 2.84. The molecule has 1 aromatic carbocycles. The number of carbonyl (C=O) groups excluding carboxylic acids is 1. The average Bonchev–Trinajstić information content (AvgIpc) is 2.87. The van der Waals surface area contributed by atoms with E-state index in [-0.39, 0.29) is 30.0 Å². The van der Waals surface area contributed by atoms with Crippen LogP contribution in [-0.4, -0.2) is 23.5 Å². The Hall–Kier alpha value is -1.77. The molecule has 0 aliphatic heterocycles. The number of benzene rings is 1. The molecule has 0 spiro atoms. The van der Waals surface area contributed by atoms with Crippen molar-refractivity contribution in [1.29, 1.82) is 0 Å². The average molecular weight is 392 g/mol. The van der Waals surface area contributed by atoms with Gasteiger partial charge in [0.25, 0.3) is 0 Å². The third kappa shape index (κ3) is 5.62. The first kappa shape index (κ1) is 21.3. The van der Waals surface area contributed by atoms with Gasteiger partial charge in [0.2, 0.25) is 5.91 Å². The Morgan fingerprint density at radius 1 is 1.28 bits per heavy atom. The van der Waals surface area contributed by atoms with Crippen LogP contribution < -0.4 is 15.8 Å². The van der Waals surface area contributed by atoms with Gasteiger partial charge in [0.1, 0.15) is 5.75 Å². The summed E-state index contributed by atoms with van der Waals surface area (Å²) in [6.07, 6.45) is 0. The predicted molar refractivity (Wildman–Crippen MR) is 97.6 cm³/mol. The molecule has 25 heavy (non-hydrogen) atoms. The molecule has 0 bridgehead atoms. The molecule has 138 valence electrons. The van der Waals surface area contributed by atoms with Gasteiger partial charge in [-0.25, -0.2) is 4.98 Å². The lowest BCUT2D eigenvalue weighted by atomic mass is 10.1. The number of nitrogens with two attached hydrogens (primary N) is 1. The maximum atomic E-state index is 12.2. The molecule has 0 saturated heterocycles. The zero-order valence-electron chi connectivity index (χ0n) is 14.0. The van der Waals surface area contributed by atoms with Crippen molar-refractivity contribution in [2.45, 2.75) is 33.4 Å². The van der Waals surface area contributed by atoms with Crippen LogP contribution in [0.2, 0.25) is 0 Å². The SMILES string of the molecule is Cc1sc(NC(=O)C(N)C(C)C)nc1-c1ccc(OC(F)F)cc1.Cl. The Labute approximate surface area is 155 Å². The second-order valence-corrected chi connectivity index (χ2v) is 6.79. The van der Waals surface area contributed by atoms with Gasteiger partial charge in [0.15, 0.2) is 5.13 Å². The molecule has 3 N–H and O–H groups in total. The minimum absolute atomic E-state index is 0. The van der Waals surface area contributed by atoms with Crippen LogP contribution in [0, 0.1) is 12.8 Å². The molecule has 2 rings (SSSR count). The Kier molecular flexibility index (Phi) is 7.72. The standard InChI is InChI=1S/C16H19F2N3O2S.ClH/c1-8(2)12(19)14(22)21-16-20-13(9(3)24-16)10-4-6-11(7-5-10)23-15(17)18;/h4-8,12,15H,19H2,1-3H3,(H,20,21,22);1H. The van der Waals surface area contributed by atoms with Gasteiger partial charge in [-0.2, -0.15) is 8.78 Å². The highest BCUT2D eigenvalue weighted by molar-refractivity contribution is 7.16. The van der Waals surface area contributed by atoms with Gasteiger partial charge in [0, 0.05) is 10.4 Å². The number of nitrogens with one attached hydrogen (secondary N) is 1. The van der Waals surface area contributed by atoms with E-state index in [4.69, 9.17) is 5.73 Å². The van der Waals surface area contributed by atoms with Crippen LogP contribution in [0.1, 0.15) is 18.7 Å². The van der Waals surface area contributed by atoms with Gasteiger partial charge < -0.3 is 15.8 Å². The van der Waals surface area contributed by atoms with Crippen molar-refractivity contribution in [3.8, 4) is 17.0 Å². The van der Waals surface area contributed by atoms with E-state index in [1.165, 1.54) is 23.5 Å². The summed E-state index contributed by atoms with van der Waals surface area (Å²) in [7, 11) is 0. The van der Waals surface area contributed by atoms with Crippen LogP contribution in [0.25, 0.3) is 11.3 Å². The predicted octanol–water partition coefficient (Wildman–Crippen LogP) is 4.06. The summed E-state index contributed by atoms with van der Waals surface area (Å²) in [5.41, 5.74) is 7.24. The highest BCUT2D eigenvalue weighted by atomic mass is 35.5. The number of alkyl halides is 2. The van der Waals surface area contributed by atoms with Gasteiger partial charge in [-0.05, 0) is 37.1 Å². The van der Waals surface area contributed by atoms with E-state index in [1.54, 1.807) is 12.1 Å². The molecule has 5 nitrogen and oxygen atoms in total. The van der Waals surface area contributed by atoms with Crippen LogP contribution in [0.15, 0.2) is 24.3 Å². The zero-order valence-corrected chi connectivity index (χ0v) is 15.6. The van der Waals surface area contributed by atoms with Gasteiger partial charge in [-0.3, -0.25) is 4.79 Å². The first-order chi connectivity index (χ1) is 11.3. The van der Waals surface area contributed by atoms with Gasteiger partial charge in [0.05, 0.1) is 11.7 Å². The third-order valence-electron chi connectivity index (χ3n) is 3.40. The molecular weight excluding hydrogens is 372 g/mol. The summed E-state index contributed by atoms with van der Waals surface area (Å²) in [6, 6.07) is 5.58. The van der Waals surface area contributed by atoms with Gasteiger partial charge in [-0.15, -0.1) is 23.7 Å². The van der Waals surface area contributed by atoms with E-state index < -0.39 is 12.7 Å². The quantitative estimate of drug-likeness (QED) is 0.778. The number of thiazole rings is 1. The summed E-state index contributed by atoms with van der Waals surface area (Å²) < 4.78 is 28.7. The molecule has 1 aromatic heterocycles. The van der Waals surface area contributed by atoms with E-state index in [0.717, 1.165) is 10.4 Å². The number of aromatic nitrogens is 1. The number of aryl methyl sites for hydroxylation is 1. The van der Waals surface area contributed by atoms with Crippen molar-refractivity contribution in [2.24, 2.45) is 11.7 Å². The van der Waals surface area contributed by atoms with Crippen molar-refractivity contribution in [3.63, 3.8) is 0 Å². The lowest BCUT2D eigenvalue weighted by Gasteiger charge is -2.13. The molecule has 1 amide bonds. The molecule has 1 heterocycles. The second-order valence-electron chi connectivity index (χ2n) is 5.59. The first-order valence-electron chi connectivity index (χ1n) is 7.37. The molecule has 0 aliphatic rings. The number of nitrogens with zero attached hydrogens (tertiary/aromatic N) is 1. The summed E-state index contributed by atoms with van der Waals surface area (Å²) >= 11 is 1.33. The normalized spacial score (nSPS) is 12.0. The molecule has 9 heteroatoms. The number of halogens is 3. The highest BCUT2D eigenvalue weighted by Gasteiger charge is 2.19. The fraction of sp³-hybridized carbons (Fsp3) is 0.375. The largest absolute Gasteiger partial charge is 0.435 e. The summed E-state index contributed by atoms with van der Waals surface area (Å²) in [5.74, 6) is -0.183. The maximum absolute atomic E-state index is 12.2. The molecule has 0 fully saturated rings. The van der Waals surface area contributed by atoms with Gasteiger partial charge in [-0.1, -0.05) is 13.8 Å². The van der Waals surface area contributed by atoms with E-state index in [1.807, 2.05) is 20.8 Å². The number of carbonyl (C=O) groups is 1. The van der Waals surface area contributed by atoms with Crippen molar-refractivity contribution in [2.75, 3.05) is 5.32 Å². The topological polar surface area (TPSA) is 77.2 Å². The van der Waals surface area contributed by atoms with E-state index in [9.17, 15) is 13.6 Å². The van der Waals surface area contributed by atoms with Crippen LogP contribution in [0.5, 0.6) is 5.75 Å². The molecule has 0 radical (unpaired) electrons. The van der Waals surface area contributed by atoms with Crippen LogP contribution in [0.4, 0.5) is 13.9 Å². The number of anilines is 1. The summed E-state index contributed by atoms with van der Waals surface area (Å²) in [6.45, 7) is 2.75. The number of rotatable bonds is 6. The van der Waals surface area contributed by atoms with Gasteiger partial charge >= 0.3 is 6.61 Å². The number of hydrogen-bond acceptors (Lipinski definition) is 5. The second kappa shape index (κ2) is 9.07. The first-order valence-corrected chi connectivity index (χ1v) is 8.18. The zero-order chi connectivity index (χ0) is 17.9. The Morgan fingerprint density at radius 3 is 2.40 bits per heavy atom. The highest BCUT2D eigenvalue weighted by Crippen LogP contribution is 2.31. The molecule has 2 aromatic rings. The Balaban J connectivity index is 0.00000312. The lowest BCUT2D eigenvalue weighted by molar-refractivity contribution is -0.118. The minimum atomic E-state index is -2.86. The Bertz CT molecular complexity index is 708. The monoisotopic (exact) mass is 391 g/mol.